The van der Waals surface area contributed by atoms with Gasteiger partial charge in [-0.3, -0.25) is 0 Å². The molecule has 0 radical (unpaired) electrons. The fourth-order valence-electron chi connectivity index (χ4n) is 1.97. The second-order valence-corrected chi connectivity index (χ2v) is 4.62. The van der Waals surface area contributed by atoms with Gasteiger partial charge in [0, 0.05) is 0 Å². The summed E-state index contributed by atoms with van der Waals surface area (Å²) >= 11 is 0. The maximum atomic E-state index is 2.35. The standard InChI is InChI=1S/C10H18.C3H8/c1-7-5-8(2)10(4)9(3)6-7;1-3-2/h7-8H,5-6H2,1-4H3;3H2,1-2H3. The van der Waals surface area contributed by atoms with Gasteiger partial charge in [-0.1, -0.05) is 45.3 Å². The summed E-state index contributed by atoms with van der Waals surface area (Å²) in [5.74, 6) is 1.75. The highest BCUT2D eigenvalue weighted by Crippen LogP contribution is 2.32. The van der Waals surface area contributed by atoms with Gasteiger partial charge in [0.2, 0.25) is 0 Å². The highest BCUT2D eigenvalue weighted by atomic mass is 14.2. The molecule has 0 aliphatic heterocycles. The van der Waals surface area contributed by atoms with Crippen LogP contribution in [0.15, 0.2) is 11.1 Å². The van der Waals surface area contributed by atoms with E-state index in [2.05, 4.69) is 41.5 Å². The maximum Gasteiger partial charge on any atom is -0.0229 e. The number of allylic oxidation sites excluding steroid dienone is 2. The van der Waals surface area contributed by atoms with Gasteiger partial charge in [0.1, 0.15) is 0 Å². The fraction of sp³-hybridized carbons (Fsp3) is 0.846. The van der Waals surface area contributed by atoms with Crippen LogP contribution in [0.2, 0.25) is 0 Å². The van der Waals surface area contributed by atoms with Crippen LogP contribution in [0.3, 0.4) is 0 Å². The van der Waals surface area contributed by atoms with Gasteiger partial charge in [-0.05, 0) is 38.5 Å². The van der Waals surface area contributed by atoms with Crippen molar-refractivity contribution >= 4 is 0 Å². The van der Waals surface area contributed by atoms with E-state index in [1.54, 1.807) is 11.1 Å². The van der Waals surface area contributed by atoms with E-state index in [4.69, 9.17) is 0 Å². The van der Waals surface area contributed by atoms with Gasteiger partial charge < -0.3 is 0 Å². The molecule has 0 heteroatoms. The molecule has 78 valence electrons. The van der Waals surface area contributed by atoms with E-state index < -0.39 is 0 Å². The van der Waals surface area contributed by atoms with Gasteiger partial charge in [-0.25, -0.2) is 0 Å². The largest absolute Gasteiger partial charge is 0.0739 e. The summed E-state index contributed by atoms with van der Waals surface area (Å²) in [6, 6.07) is 0. The van der Waals surface area contributed by atoms with Crippen LogP contribution in [-0.4, -0.2) is 0 Å². The van der Waals surface area contributed by atoms with E-state index >= 15 is 0 Å². The average Bonchev–Trinajstić information content (AvgIpc) is 2.01. The van der Waals surface area contributed by atoms with E-state index in [9.17, 15) is 0 Å². The molecule has 0 fully saturated rings. The van der Waals surface area contributed by atoms with E-state index in [1.807, 2.05) is 0 Å². The monoisotopic (exact) mass is 182 g/mol. The molecule has 0 aromatic rings. The zero-order valence-corrected chi connectivity index (χ0v) is 10.3. The van der Waals surface area contributed by atoms with Crippen molar-refractivity contribution in [3.05, 3.63) is 11.1 Å². The maximum absolute atomic E-state index is 2.35. The zero-order valence-electron chi connectivity index (χ0n) is 10.3. The smallest absolute Gasteiger partial charge is 0.0229 e. The summed E-state index contributed by atoms with van der Waals surface area (Å²) in [5.41, 5.74) is 3.27. The van der Waals surface area contributed by atoms with Gasteiger partial charge in [0.05, 0.1) is 0 Å². The van der Waals surface area contributed by atoms with Crippen LogP contribution in [0.25, 0.3) is 0 Å². The molecule has 13 heavy (non-hydrogen) atoms. The fourth-order valence-corrected chi connectivity index (χ4v) is 1.97. The van der Waals surface area contributed by atoms with Crippen molar-refractivity contribution in [2.45, 2.75) is 60.8 Å². The predicted molar refractivity (Wildman–Crippen MR) is 61.9 cm³/mol. The summed E-state index contributed by atoms with van der Waals surface area (Å²) in [6.07, 6.45) is 3.97. The molecule has 2 atom stereocenters. The number of rotatable bonds is 0. The van der Waals surface area contributed by atoms with Crippen LogP contribution >= 0.6 is 0 Å². The molecule has 0 nitrogen and oxygen atoms in total. The van der Waals surface area contributed by atoms with Crippen molar-refractivity contribution in [1.82, 2.24) is 0 Å². The van der Waals surface area contributed by atoms with Crippen molar-refractivity contribution in [3.8, 4) is 0 Å². The molecule has 0 amide bonds. The lowest BCUT2D eigenvalue weighted by atomic mass is 9.80. The summed E-state index contributed by atoms with van der Waals surface area (Å²) in [7, 11) is 0. The molecule has 0 aromatic heterocycles. The summed E-state index contributed by atoms with van der Waals surface area (Å²) < 4.78 is 0. The second-order valence-electron chi connectivity index (χ2n) is 4.62. The Bertz CT molecular complexity index is 165. The lowest BCUT2D eigenvalue weighted by Gasteiger charge is -2.26. The molecule has 1 rings (SSSR count). The quantitative estimate of drug-likeness (QED) is 0.472. The number of hydrogen-bond acceptors (Lipinski definition) is 0. The van der Waals surface area contributed by atoms with Crippen LogP contribution in [0.4, 0.5) is 0 Å². The minimum absolute atomic E-state index is 0.837. The molecule has 2 unspecified atom stereocenters. The SMILES string of the molecule is CC1=C(C)C(C)CC(C)C1.CCC. The third-order valence-corrected chi connectivity index (χ3v) is 2.82. The van der Waals surface area contributed by atoms with E-state index in [0.717, 1.165) is 11.8 Å². The topological polar surface area (TPSA) is 0 Å². The first-order valence-corrected chi connectivity index (χ1v) is 5.69. The lowest BCUT2D eigenvalue weighted by Crippen LogP contribution is -2.12. The van der Waals surface area contributed by atoms with Crippen molar-refractivity contribution in [2.24, 2.45) is 11.8 Å². The Balaban J connectivity index is 0.000000424. The van der Waals surface area contributed by atoms with Crippen molar-refractivity contribution in [2.75, 3.05) is 0 Å². The average molecular weight is 182 g/mol. The van der Waals surface area contributed by atoms with Crippen LogP contribution in [0.1, 0.15) is 60.8 Å². The van der Waals surface area contributed by atoms with Crippen LogP contribution < -0.4 is 0 Å². The molecule has 0 saturated heterocycles. The molecule has 0 heterocycles. The summed E-state index contributed by atoms with van der Waals surface area (Å²) in [6.45, 7) is 13.5. The van der Waals surface area contributed by atoms with Gasteiger partial charge >= 0.3 is 0 Å². The predicted octanol–water partition coefficient (Wildman–Crippen LogP) is 4.81. The highest BCUT2D eigenvalue weighted by Gasteiger charge is 2.18. The van der Waals surface area contributed by atoms with Gasteiger partial charge in [-0.15, -0.1) is 0 Å². The molecule has 0 spiro atoms. The van der Waals surface area contributed by atoms with E-state index in [0.29, 0.717) is 0 Å². The normalized spacial score (nSPS) is 28.2. The summed E-state index contributed by atoms with van der Waals surface area (Å²) in [5, 5.41) is 0. The zero-order chi connectivity index (χ0) is 10.4. The molecular formula is C13H26. The minimum atomic E-state index is 0.837. The van der Waals surface area contributed by atoms with E-state index in [1.165, 1.54) is 19.3 Å². The van der Waals surface area contributed by atoms with Gasteiger partial charge in [-0.2, -0.15) is 0 Å². The Kier molecular flexibility index (Phi) is 6.11. The molecular weight excluding hydrogens is 156 g/mol. The Morgan fingerprint density at radius 1 is 1.15 bits per heavy atom. The first kappa shape index (κ1) is 12.7. The van der Waals surface area contributed by atoms with Crippen molar-refractivity contribution in [1.29, 1.82) is 0 Å². The van der Waals surface area contributed by atoms with Crippen LogP contribution in [0, 0.1) is 11.8 Å². The second kappa shape index (κ2) is 6.23. The van der Waals surface area contributed by atoms with Gasteiger partial charge in [0.15, 0.2) is 0 Å². The number of hydrogen-bond donors (Lipinski definition) is 0. The van der Waals surface area contributed by atoms with Crippen LogP contribution in [0.5, 0.6) is 0 Å². The minimum Gasteiger partial charge on any atom is -0.0739 e. The molecule has 0 saturated carbocycles. The Morgan fingerprint density at radius 2 is 1.62 bits per heavy atom. The third kappa shape index (κ3) is 4.50. The van der Waals surface area contributed by atoms with Crippen molar-refractivity contribution < 1.29 is 0 Å². The Labute approximate surface area is 84.4 Å². The third-order valence-electron chi connectivity index (χ3n) is 2.82. The molecule has 0 N–H and O–H groups in total. The van der Waals surface area contributed by atoms with Crippen LogP contribution in [-0.2, 0) is 0 Å². The lowest BCUT2D eigenvalue weighted by molar-refractivity contribution is 0.416. The highest BCUT2D eigenvalue weighted by molar-refractivity contribution is 5.15. The molecule has 1 aliphatic carbocycles. The summed E-state index contributed by atoms with van der Waals surface area (Å²) in [4.78, 5) is 0. The Hall–Kier alpha value is -0.260. The van der Waals surface area contributed by atoms with E-state index in [-0.39, 0.29) is 0 Å². The molecule has 0 aromatic carbocycles. The van der Waals surface area contributed by atoms with Gasteiger partial charge in [0.25, 0.3) is 0 Å². The first-order valence-electron chi connectivity index (χ1n) is 5.69. The van der Waals surface area contributed by atoms with Crippen molar-refractivity contribution in [3.63, 3.8) is 0 Å². The molecule has 1 aliphatic rings. The molecule has 0 bridgehead atoms. The first-order chi connectivity index (χ1) is 6.02. The Morgan fingerprint density at radius 3 is 2.00 bits per heavy atom.